The lowest BCUT2D eigenvalue weighted by Crippen LogP contribution is -1.90. The lowest BCUT2D eigenvalue weighted by Gasteiger charge is -2.08. The molecule has 0 saturated heterocycles. The van der Waals surface area contributed by atoms with Gasteiger partial charge in [-0.3, -0.25) is 0 Å². The standard InChI is InChI=1S/C11H4Cl3FIN/c12-6-1-2-7(13)10(14)9(6)5-3-8(16)11(15)17-4-5/h1-4H. The Labute approximate surface area is 126 Å². The van der Waals surface area contributed by atoms with Gasteiger partial charge in [-0.15, -0.1) is 0 Å². The molecule has 0 aliphatic heterocycles. The molecular weight excluding hydrogens is 398 g/mol. The number of rotatable bonds is 1. The molecule has 1 nitrogen and oxygen atoms in total. The Hall–Kier alpha value is -0.100. The fourth-order valence-electron chi connectivity index (χ4n) is 1.35. The van der Waals surface area contributed by atoms with E-state index in [1.807, 2.05) is 22.6 Å². The molecule has 0 N–H and O–H groups in total. The molecule has 0 spiro atoms. The van der Waals surface area contributed by atoms with Gasteiger partial charge in [-0.05, 0) is 40.8 Å². The molecule has 0 atom stereocenters. The first kappa shape index (κ1) is 13.3. The summed E-state index contributed by atoms with van der Waals surface area (Å²) in [5.74, 6) is -0.524. The number of benzene rings is 1. The number of hydrogen-bond donors (Lipinski definition) is 0. The van der Waals surface area contributed by atoms with Crippen molar-refractivity contribution < 1.29 is 4.39 Å². The van der Waals surface area contributed by atoms with E-state index < -0.39 is 5.95 Å². The molecule has 1 aromatic carbocycles. The minimum absolute atomic E-state index is 0.336. The number of nitrogens with zero attached hydrogens (tertiary/aromatic N) is 1. The van der Waals surface area contributed by atoms with E-state index >= 15 is 0 Å². The van der Waals surface area contributed by atoms with E-state index in [1.54, 1.807) is 18.2 Å². The summed E-state index contributed by atoms with van der Waals surface area (Å²) in [4.78, 5) is 3.63. The lowest BCUT2D eigenvalue weighted by atomic mass is 10.1. The van der Waals surface area contributed by atoms with Gasteiger partial charge in [-0.2, -0.15) is 4.39 Å². The van der Waals surface area contributed by atoms with Crippen molar-refractivity contribution in [3.05, 3.63) is 49.0 Å². The summed E-state index contributed by atoms with van der Waals surface area (Å²) in [7, 11) is 0. The van der Waals surface area contributed by atoms with E-state index in [4.69, 9.17) is 34.8 Å². The van der Waals surface area contributed by atoms with Crippen LogP contribution in [0, 0.1) is 9.52 Å². The third-order valence-electron chi connectivity index (χ3n) is 2.13. The zero-order valence-electron chi connectivity index (χ0n) is 8.15. The molecule has 0 bridgehead atoms. The Morgan fingerprint density at radius 2 is 1.76 bits per heavy atom. The highest BCUT2D eigenvalue weighted by molar-refractivity contribution is 14.1. The van der Waals surface area contributed by atoms with Crippen LogP contribution in [-0.4, -0.2) is 4.98 Å². The van der Waals surface area contributed by atoms with Crippen LogP contribution in [0.5, 0.6) is 0 Å². The van der Waals surface area contributed by atoms with Crippen LogP contribution in [-0.2, 0) is 0 Å². The van der Waals surface area contributed by atoms with E-state index in [1.165, 1.54) is 6.20 Å². The van der Waals surface area contributed by atoms with Crippen molar-refractivity contribution in [1.29, 1.82) is 0 Å². The SMILES string of the molecule is Fc1ncc(-c2c(Cl)ccc(Cl)c2Cl)cc1I. The highest BCUT2D eigenvalue weighted by Gasteiger charge is 2.13. The smallest absolute Gasteiger partial charge is 0.226 e. The van der Waals surface area contributed by atoms with Crippen LogP contribution in [0.3, 0.4) is 0 Å². The fourth-order valence-corrected chi connectivity index (χ4v) is 2.57. The molecule has 2 aromatic rings. The molecule has 6 heteroatoms. The topological polar surface area (TPSA) is 12.9 Å². The van der Waals surface area contributed by atoms with Crippen molar-refractivity contribution >= 4 is 57.4 Å². The highest BCUT2D eigenvalue weighted by Crippen LogP contribution is 2.39. The van der Waals surface area contributed by atoms with Gasteiger partial charge in [0.15, 0.2) is 0 Å². The maximum atomic E-state index is 13.1. The third-order valence-corrected chi connectivity index (χ3v) is 4.00. The predicted molar refractivity (Wildman–Crippen MR) is 77.4 cm³/mol. The molecule has 0 amide bonds. The van der Waals surface area contributed by atoms with Crippen molar-refractivity contribution in [2.45, 2.75) is 0 Å². The summed E-state index contributed by atoms with van der Waals surface area (Å²) < 4.78 is 13.5. The van der Waals surface area contributed by atoms with E-state index in [-0.39, 0.29) is 0 Å². The van der Waals surface area contributed by atoms with Crippen LogP contribution in [0.25, 0.3) is 11.1 Å². The van der Waals surface area contributed by atoms with Gasteiger partial charge in [-0.25, -0.2) is 4.98 Å². The minimum Gasteiger partial charge on any atom is -0.227 e. The fraction of sp³-hybridized carbons (Fsp3) is 0. The van der Waals surface area contributed by atoms with Crippen molar-refractivity contribution in [1.82, 2.24) is 4.98 Å². The second-order valence-electron chi connectivity index (χ2n) is 3.21. The van der Waals surface area contributed by atoms with E-state index in [9.17, 15) is 4.39 Å². The second-order valence-corrected chi connectivity index (χ2v) is 5.57. The van der Waals surface area contributed by atoms with E-state index in [0.717, 1.165) is 0 Å². The van der Waals surface area contributed by atoms with Crippen molar-refractivity contribution in [2.24, 2.45) is 0 Å². The molecule has 0 fully saturated rings. The van der Waals surface area contributed by atoms with Gasteiger partial charge in [-0.1, -0.05) is 34.8 Å². The van der Waals surface area contributed by atoms with Crippen LogP contribution in [0.15, 0.2) is 24.4 Å². The van der Waals surface area contributed by atoms with Gasteiger partial charge in [0.1, 0.15) is 0 Å². The van der Waals surface area contributed by atoms with E-state index in [0.29, 0.717) is 29.8 Å². The van der Waals surface area contributed by atoms with Gasteiger partial charge in [0.2, 0.25) is 5.95 Å². The van der Waals surface area contributed by atoms with Crippen LogP contribution < -0.4 is 0 Å². The van der Waals surface area contributed by atoms with Crippen LogP contribution in [0.4, 0.5) is 4.39 Å². The minimum atomic E-state index is -0.524. The third kappa shape index (κ3) is 2.67. The van der Waals surface area contributed by atoms with Gasteiger partial charge < -0.3 is 0 Å². The Morgan fingerprint density at radius 1 is 1.12 bits per heavy atom. The Morgan fingerprint density at radius 3 is 2.41 bits per heavy atom. The Bertz CT molecular complexity index is 589. The average Bonchev–Trinajstić information content (AvgIpc) is 2.29. The molecule has 1 heterocycles. The Kier molecular flexibility index (Phi) is 4.13. The molecule has 0 unspecified atom stereocenters. The van der Waals surface area contributed by atoms with Crippen molar-refractivity contribution in [3.63, 3.8) is 0 Å². The van der Waals surface area contributed by atoms with E-state index in [2.05, 4.69) is 4.98 Å². The maximum absolute atomic E-state index is 13.1. The first-order valence-corrected chi connectivity index (χ1v) is 6.67. The summed E-state index contributed by atoms with van der Waals surface area (Å²) in [6.07, 6.45) is 1.38. The zero-order valence-corrected chi connectivity index (χ0v) is 12.6. The molecule has 17 heavy (non-hydrogen) atoms. The van der Waals surface area contributed by atoms with Gasteiger partial charge in [0.25, 0.3) is 0 Å². The van der Waals surface area contributed by atoms with Crippen LogP contribution >= 0.6 is 57.4 Å². The average molecular weight is 402 g/mol. The monoisotopic (exact) mass is 401 g/mol. The maximum Gasteiger partial charge on any atom is 0.226 e. The van der Waals surface area contributed by atoms with Crippen molar-refractivity contribution in [2.75, 3.05) is 0 Å². The van der Waals surface area contributed by atoms with Crippen molar-refractivity contribution in [3.8, 4) is 11.1 Å². The first-order chi connectivity index (χ1) is 8.00. The molecule has 0 radical (unpaired) electrons. The second kappa shape index (κ2) is 5.26. The molecule has 2 rings (SSSR count). The summed E-state index contributed by atoms with van der Waals surface area (Å²) in [6.45, 7) is 0. The Balaban J connectivity index is 2.68. The lowest BCUT2D eigenvalue weighted by molar-refractivity contribution is 0.576. The summed E-state index contributed by atoms with van der Waals surface area (Å²) >= 11 is 19.9. The van der Waals surface area contributed by atoms with Gasteiger partial charge >= 0.3 is 0 Å². The molecule has 0 aliphatic carbocycles. The van der Waals surface area contributed by atoms with Crippen LogP contribution in [0.2, 0.25) is 15.1 Å². The summed E-state index contributed by atoms with van der Waals surface area (Å²) in [6, 6.07) is 4.87. The number of aromatic nitrogens is 1. The molecule has 0 saturated carbocycles. The largest absolute Gasteiger partial charge is 0.227 e. The highest BCUT2D eigenvalue weighted by atomic mass is 127. The quantitative estimate of drug-likeness (QED) is 0.351. The molecule has 1 aromatic heterocycles. The zero-order chi connectivity index (χ0) is 12.6. The number of hydrogen-bond acceptors (Lipinski definition) is 1. The molecular formula is C11H4Cl3FIN. The first-order valence-electron chi connectivity index (χ1n) is 4.45. The van der Waals surface area contributed by atoms with Crippen LogP contribution in [0.1, 0.15) is 0 Å². The van der Waals surface area contributed by atoms with Gasteiger partial charge in [0, 0.05) is 17.3 Å². The van der Waals surface area contributed by atoms with Gasteiger partial charge in [0.05, 0.1) is 18.6 Å². The summed E-state index contributed by atoms with van der Waals surface area (Å²) in [5.41, 5.74) is 1.19. The number of pyridine rings is 1. The molecule has 0 aliphatic rings. The molecule has 88 valence electrons. The predicted octanol–water partition coefficient (Wildman–Crippen LogP) is 5.45. The normalized spacial score (nSPS) is 10.6. The summed E-state index contributed by atoms with van der Waals surface area (Å²) in [5, 5.41) is 1.18. The number of halogens is 5.